The summed E-state index contributed by atoms with van der Waals surface area (Å²) in [5.74, 6) is 0.507. The molecule has 0 bridgehead atoms. The Hall–Kier alpha value is -2.11. The Morgan fingerprint density at radius 3 is 2.76 bits per heavy atom. The average Bonchev–Trinajstić information content (AvgIpc) is 2.88. The number of ether oxygens (including phenoxy) is 1. The number of fused-ring (bicyclic) bond motifs is 1. The van der Waals surface area contributed by atoms with Crippen molar-refractivity contribution in [2.45, 2.75) is 20.3 Å². The first kappa shape index (κ1) is 17.7. The van der Waals surface area contributed by atoms with Gasteiger partial charge in [-0.15, -0.1) is 0 Å². The van der Waals surface area contributed by atoms with Gasteiger partial charge in [-0.05, 0) is 37.6 Å². The smallest absolute Gasteiger partial charge is 0.252 e. The van der Waals surface area contributed by atoms with Crippen LogP contribution in [-0.4, -0.2) is 17.6 Å². The van der Waals surface area contributed by atoms with Crippen LogP contribution in [0.5, 0.6) is 5.75 Å². The fraction of sp³-hybridized carbons (Fsp3) is 0.263. The molecule has 0 fully saturated rings. The van der Waals surface area contributed by atoms with Gasteiger partial charge in [0.25, 0.3) is 5.91 Å². The summed E-state index contributed by atoms with van der Waals surface area (Å²) in [5.41, 5.74) is 3.94. The highest BCUT2D eigenvalue weighted by Gasteiger charge is 2.12. The molecular weight excluding hydrogens is 356 g/mol. The van der Waals surface area contributed by atoms with Gasteiger partial charge < -0.3 is 9.30 Å². The molecule has 130 valence electrons. The number of aromatic nitrogens is 1. The highest BCUT2D eigenvalue weighted by molar-refractivity contribution is 7.16. The second-order valence-corrected chi connectivity index (χ2v) is 7.38. The summed E-state index contributed by atoms with van der Waals surface area (Å²) in [5, 5.41) is 0.711. The summed E-state index contributed by atoms with van der Waals surface area (Å²) in [6.07, 6.45) is 0.207. The normalized spacial score (nSPS) is 12.0. The number of amides is 1. The fourth-order valence-electron chi connectivity index (χ4n) is 2.86. The third-order valence-electron chi connectivity index (χ3n) is 4.15. The van der Waals surface area contributed by atoms with Crippen molar-refractivity contribution in [2.24, 2.45) is 12.0 Å². The first-order valence-electron chi connectivity index (χ1n) is 7.86. The molecule has 0 saturated heterocycles. The van der Waals surface area contributed by atoms with Crippen molar-refractivity contribution in [3.63, 3.8) is 0 Å². The second-order valence-electron chi connectivity index (χ2n) is 5.96. The molecule has 0 radical (unpaired) electrons. The molecule has 3 aromatic rings. The molecule has 0 unspecified atom stereocenters. The van der Waals surface area contributed by atoms with Gasteiger partial charge in [0, 0.05) is 17.6 Å². The van der Waals surface area contributed by atoms with E-state index in [1.807, 2.05) is 55.8 Å². The van der Waals surface area contributed by atoms with Crippen LogP contribution in [0.1, 0.15) is 16.7 Å². The van der Waals surface area contributed by atoms with E-state index in [4.69, 9.17) is 16.3 Å². The maximum absolute atomic E-state index is 12.5. The third kappa shape index (κ3) is 3.48. The van der Waals surface area contributed by atoms with E-state index in [1.54, 1.807) is 7.11 Å². The van der Waals surface area contributed by atoms with E-state index in [9.17, 15) is 4.79 Å². The first-order chi connectivity index (χ1) is 11.9. The number of hydrogen-bond donors (Lipinski definition) is 0. The van der Waals surface area contributed by atoms with E-state index < -0.39 is 0 Å². The van der Waals surface area contributed by atoms with Crippen LogP contribution >= 0.6 is 22.9 Å². The van der Waals surface area contributed by atoms with Gasteiger partial charge in [0.1, 0.15) is 5.75 Å². The summed E-state index contributed by atoms with van der Waals surface area (Å²) in [7, 11) is 3.51. The van der Waals surface area contributed by atoms with Crippen molar-refractivity contribution in [1.82, 2.24) is 4.57 Å². The number of rotatable bonds is 3. The Labute approximate surface area is 155 Å². The van der Waals surface area contributed by atoms with E-state index in [-0.39, 0.29) is 12.3 Å². The zero-order chi connectivity index (χ0) is 18.1. The van der Waals surface area contributed by atoms with Crippen LogP contribution in [0.3, 0.4) is 0 Å². The Balaban J connectivity index is 2.00. The minimum absolute atomic E-state index is 0.199. The number of halogens is 1. The predicted molar refractivity (Wildman–Crippen MR) is 103 cm³/mol. The summed E-state index contributed by atoms with van der Waals surface area (Å²) < 4.78 is 8.32. The number of thiazole rings is 1. The molecule has 0 aliphatic carbocycles. The van der Waals surface area contributed by atoms with Crippen molar-refractivity contribution >= 4 is 39.1 Å². The molecule has 1 aromatic heterocycles. The monoisotopic (exact) mass is 374 g/mol. The number of benzene rings is 2. The minimum atomic E-state index is -0.199. The van der Waals surface area contributed by atoms with Crippen LogP contribution in [0.4, 0.5) is 0 Å². The molecule has 4 nitrogen and oxygen atoms in total. The van der Waals surface area contributed by atoms with E-state index in [0.29, 0.717) is 15.6 Å². The standard InChI is InChI=1S/C19H19ClN2O2S/c1-11-5-7-15(24-4)13(9-11)10-17(23)21-19-22(3)18-12(2)14(20)6-8-16(18)25-19/h5-9H,10H2,1-4H3. The van der Waals surface area contributed by atoms with Gasteiger partial charge in [0.05, 0.1) is 23.7 Å². The van der Waals surface area contributed by atoms with Crippen LogP contribution in [0.25, 0.3) is 10.2 Å². The summed E-state index contributed by atoms with van der Waals surface area (Å²) in [4.78, 5) is 17.5. The molecule has 0 N–H and O–H groups in total. The number of methoxy groups -OCH3 is 1. The van der Waals surface area contributed by atoms with Crippen molar-refractivity contribution < 1.29 is 9.53 Å². The van der Waals surface area contributed by atoms with Crippen molar-refractivity contribution in [2.75, 3.05) is 7.11 Å². The summed E-state index contributed by atoms with van der Waals surface area (Å²) >= 11 is 7.69. The maximum Gasteiger partial charge on any atom is 0.252 e. The fourth-order valence-corrected chi connectivity index (χ4v) is 4.11. The number of hydrogen-bond acceptors (Lipinski definition) is 3. The van der Waals surface area contributed by atoms with Crippen LogP contribution in [0.15, 0.2) is 35.3 Å². The number of carbonyl (C=O) groups excluding carboxylic acids is 1. The molecule has 0 atom stereocenters. The zero-order valence-electron chi connectivity index (χ0n) is 14.6. The molecule has 25 heavy (non-hydrogen) atoms. The largest absolute Gasteiger partial charge is 0.496 e. The molecule has 0 saturated carbocycles. The van der Waals surface area contributed by atoms with Gasteiger partial charge in [-0.1, -0.05) is 40.6 Å². The highest BCUT2D eigenvalue weighted by Crippen LogP contribution is 2.26. The van der Waals surface area contributed by atoms with E-state index >= 15 is 0 Å². The van der Waals surface area contributed by atoms with E-state index in [1.165, 1.54) is 11.3 Å². The number of carbonyl (C=O) groups is 1. The number of aryl methyl sites for hydroxylation is 3. The minimum Gasteiger partial charge on any atom is -0.496 e. The molecule has 6 heteroatoms. The van der Waals surface area contributed by atoms with E-state index in [2.05, 4.69) is 4.99 Å². The van der Waals surface area contributed by atoms with Crippen LogP contribution in [0, 0.1) is 13.8 Å². The van der Waals surface area contributed by atoms with Crippen LogP contribution < -0.4 is 9.54 Å². The molecule has 2 aromatic carbocycles. The van der Waals surface area contributed by atoms with Gasteiger partial charge in [-0.3, -0.25) is 4.79 Å². The highest BCUT2D eigenvalue weighted by atomic mass is 35.5. The van der Waals surface area contributed by atoms with Crippen molar-refractivity contribution in [1.29, 1.82) is 0 Å². The van der Waals surface area contributed by atoms with Crippen LogP contribution in [0.2, 0.25) is 5.02 Å². The van der Waals surface area contributed by atoms with E-state index in [0.717, 1.165) is 26.9 Å². The van der Waals surface area contributed by atoms with Gasteiger partial charge in [-0.25, -0.2) is 0 Å². The Morgan fingerprint density at radius 2 is 2.04 bits per heavy atom. The Bertz CT molecular complexity index is 1030. The predicted octanol–water partition coefficient (Wildman–Crippen LogP) is 4.19. The van der Waals surface area contributed by atoms with Gasteiger partial charge in [-0.2, -0.15) is 4.99 Å². The number of nitrogens with zero attached hydrogens (tertiary/aromatic N) is 2. The lowest BCUT2D eigenvalue weighted by Gasteiger charge is -2.07. The van der Waals surface area contributed by atoms with Gasteiger partial charge >= 0.3 is 0 Å². The van der Waals surface area contributed by atoms with Gasteiger partial charge in [0.2, 0.25) is 0 Å². The lowest BCUT2D eigenvalue weighted by atomic mass is 10.1. The lowest BCUT2D eigenvalue weighted by Crippen LogP contribution is -2.14. The summed E-state index contributed by atoms with van der Waals surface area (Å²) in [6.45, 7) is 3.96. The molecule has 1 heterocycles. The first-order valence-corrected chi connectivity index (χ1v) is 9.06. The molecule has 3 rings (SSSR count). The lowest BCUT2D eigenvalue weighted by molar-refractivity contribution is -0.117. The molecule has 0 aliphatic heterocycles. The SMILES string of the molecule is COc1ccc(C)cc1CC(=O)N=c1sc2ccc(Cl)c(C)c2n1C. The second kappa shape index (κ2) is 7.02. The van der Waals surface area contributed by atoms with Gasteiger partial charge in [0.15, 0.2) is 4.80 Å². The Kier molecular flexibility index (Phi) is 4.97. The van der Waals surface area contributed by atoms with Crippen molar-refractivity contribution in [3.05, 3.63) is 56.8 Å². The molecule has 1 amide bonds. The molecule has 0 spiro atoms. The average molecular weight is 375 g/mol. The van der Waals surface area contributed by atoms with Crippen molar-refractivity contribution in [3.8, 4) is 5.75 Å². The Morgan fingerprint density at radius 1 is 1.28 bits per heavy atom. The summed E-state index contributed by atoms with van der Waals surface area (Å²) in [6, 6.07) is 9.63. The molecular formula is C19H19ClN2O2S. The maximum atomic E-state index is 12.5. The zero-order valence-corrected chi connectivity index (χ0v) is 16.2. The third-order valence-corrected chi connectivity index (χ3v) is 5.66. The van der Waals surface area contributed by atoms with Crippen LogP contribution in [-0.2, 0) is 18.3 Å². The topological polar surface area (TPSA) is 43.6 Å². The quantitative estimate of drug-likeness (QED) is 0.690. The molecule has 0 aliphatic rings.